The number of hydrogen-bond acceptors (Lipinski definition) is 6. The molecule has 3 heterocycles. The van der Waals surface area contributed by atoms with E-state index in [4.69, 9.17) is 0 Å². The molecule has 0 saturated heterocycles. The van der Waals surface area contributed by atoms with Crippen LogP contribution in [0.2, 0.25) is 0 Å². The molecule has 106 valence electrons. The molecule has 0 fully saturated rings. The lowest BCUT2D eigenvalue weighted by Crippen LogP contribution is -2.26. The van der Waals surface area contributed by atoms with Crippen LogP contribution in [-0.4, -0.2) is 27.9 Å². The summed E-state index contributed by atoms with van der Waals surface area (Å²) in [7, 11) is 1.75. The summed E-state index contributed by atoms with van der Waals surface area (Å²) in [6.45, 7) is 1.90. The number of pyridine rings is 1. The molecule has 3 aromatic heterocycles. The number of aryl methyl sites for hydroxylation is 1. The van der Waals surface area contributed by atoms with E-state index >= 15 is 0 Å². The average molecular weight is 316 g/mol. The molecule has 0 radical (unpaired) electrons. The number of amides is 1. The van der Waals surface area contributed by atoms with Crippen molar-refractivity contribution in [3.8, 4) is 10.6 Å². The molecule has 0 bridgehead atoms. The summed E-state index contributed by atoms with van der Waals surface area (Å²) in [4.78, 5) is 26.6. The van der Waals surface area contributed by atoms with E-state index in [1.807, 2.05) is 19.1 Å². The third kappa shape index (κ3) is 2.70. The third-order valence-electron chi connectivity index (χ3n) is 2.94. The predicted molar refractivity (Wildman–Crippen MR) is 84.9 cm³/mol. The van der Waals surface area contributed by atoms with E-state index in [0.29, 0.717) is 5.69 Å². The molecular weight excluding hydrogens is 304 g/mol. The molecular formula is C14H12N4OS2. The first-order valence-electron chi connectivity index (χ1n) is 6.21. The maximum atomic E-state index is 12.3. The van der Waals surface area contributed by atoms with E-state index in [0.717, 1.165) is 21.3 Å². The highest BCUT2D eigenvalue weighted by molar-refractivity contribution is 7.19. The highest BCUT2D eigenvalue weighted by Gasteiger charge is 2.20. The number of carbonyl (C=O) groups excluding carboxylic acids is 1. The van der Waals surface area contributed by atoms with Gasteiger partial charge in [0.25, 0.3) is 5.91 Å². The number of thiazole rings is 2. The molecule has 0 aromatic carbocycles. The molecule has 1 amide bonds. The molecule has 0 atom stereocenters. The first-order chi connectivity index (χ1) is 10.2. The van der Waals surface area contributed by atoms with E-state index in [1.54, 1.807) is 35.2 Å². The lowest BCUT2D eigenvalue weighted by Gasteiger charge is -2.13. The Balaban J connectivity index is 1.93. The first kappa shape index (κ1) is 13.8. The van der Waals surface area contributed by atoms with Gasteiger partial charge in [0, 0.05) is 30.4 Å². The lowest BCUT2D eigenvalue weighted by atomic mass is 10.3. The Hall–Kier alpha value is -2.12. The van der Waals surface area contributed by atoms with Crippen LogP contribution >= 0.6 is 22.7 Å². The van der Waals surface area contributed by atoms with Crippen molar-refractivity contribution in [1.29, 1.82) is 0 Å². The van der Waals surface area contributed by atoms with E-state index < -0.39 is 0 Å². The zero-order valence-corrected chi connectivity index (χ0v) is 13.1. The topological polar surface area (TPSA) is 59.0 Å². The summed E-state index contributed by atoms with van der Waals surface area (Å²) < 4.78 is 0. The van der Waals surface area contributed by atoms with E-state index in [9.17, 15) is 4.79 Å². The van der Waals surface area contributed by atoms with Gasteiger partial charge >= 0.3 is 0 Å². The monoisotopic (exact) mass is 316 g/mol. The van der Waals surface area contributed by atoms with Crippen molar-refractivity contribution in [2.75, 3.05) is 11.9 Å². The molecule has 0 spiro atoms. The van der Waals surface area contributed by atoms with Crippen molar-refractivity contribution in [1.82, 2.24) is 15.0 Å². The van der Waals surface area contributed by atoms with Crippen molar-refractivity contribution in [3.63, 3.8) is 0 Å². The van der Waals surface area contributed by atoms with Crippen LogP contribution in [-0.2, 0) is 0 Å². The fraction of sp³-hybridized carbons (Fsp3) is 0.143. The zero-order valence-electron chi connectivity index (χ0n) is 11.5. The minimum atomic E-state index is -0.124. The molecule has 7 heteroatoms. The van der Waals surface area contributed by atoms with Crippen LogP contribution in [0.4, 0.5) is 5.00 Å². The molecule has 5 nitrogen and oxygen atoms in total. The van der Waals surface area contributed by atoms with Gasteiger partial charge in [-0.15, -0.1) is 11.3 Å². The molecule has 0 unspecified atom stereocenters. The predicted octanol–water partition coefficient (Wildman–Crippen LogP) is 3.25. The quantitative estimate of drug-likeness (QED) is 0.744. The second-order valence-corrected chi connectivity index (χ2v) is 6.09. The fourth-order valence-corrected chi connectivity index (χ4v) is 3.44. The van der Waals surface area contributed by atoms with E-state index in [2.05, 4.69) is 15.0 Å². The highest BCUT2D eigenvalue weighted by Crippen LogP contribution is 2.34. The summed E-state index contributed by atoms with van der Waals surface area (Å²) in [5, 5.41) is 3.43. The van der Waals surface area contributed by atoms with Crippen molar-refractivity contribution in [3.05, 3.63) is 46.8 Å². The first-order valence-corrected chi connectivity index (χ1v) is 7.97. The van der Waals surface area contributed by atoms with Gasteiger partial charge in [0.05, 0.1) is 11.2 Å². The number of nitrogens with zero attached hydrogens (tertiary/aromatic N) is 4. The SMILES string of the molecule is Cc1nc(-c2cccnc2)sc1N(C)C(=O)c1cscn1. The Kier molecular flexibility index (Phi) is 3.76. The smallest absolute Gasteiger partial charge is 0.278 e. The number of hydrogen-bond donors (Lipinski definition) is 0. The number of aromatic nitrogens is 3. The molecule has 0 N–H and O–H groups in total. The third-order valence-corrected chi connectivity index (χ3v) is 4.81. The Morgan fingerprint density at radius 2 is 2.24 bits per heavy atom. The summed E-state index contributed by atoms with van der Waals surface area (Å²) in [5.41, 5.74) is 3.89. The maximum Gasteiger partial charge on any atom is 0.278 e. The van der Waals surface area contributed by atoms with Gasteiger partial charge in [-0.25, -0.2) is 9.97 Å². The molecule has 0 saturated carbocycles. The lowest BCUT2D eigenvalue weighted by molar-refractivity contribution is 0.0989. The van der Waals surface area contributed by atoms with Crippen molar-refractivity contribution in [2.24, 2.45) is 0 Å². The van der Waals surface area contributed by atoms with E-state index in [-0.39, 0.29) is 5.91 Å². The van der Waals surface area contributed by atoms with Gasteiger partial charge in [0.15, 0.2) is 0 Å². The van der Waals surface area contributed by atoms with Crippen molar-refractivity contribution in [2.45, 2.75) is 6.92 Å². The standard InChI is InChI=1S/C14H12N4OS2/c1-9-14(18(2)13(19)11-7-20-8-16-11)21-12(17-9)10-4-3-5-15-6-10/h3-8H,1-2H3. The average Bonchev–Trinajstić information content (AvgIpc) is 3.16. The molecule has 0 aliphatic carbocycles. The highest BCUT2D eigenvalue weighted by atomic mass is 32.1. The molecule has 0 aliphatic rings. The molecule has 21 heavy (non-hydrogen) atoms. The van der Waals surface area contributed by atoms with Gasteiger partial charge in [-0.05, 0) is 19.1 Å². The second kappa shape index (κ2) is 5.71. The largest absolute Gasteiger partial charge is 0.300 e. The number of anilines is 1. The second-order valence-electron chi connectivity index (χ2n) is 4.39. The summed E-state index contributed by atoms with van der Waals surface area (Å²) in [6.07, 6.45) is 3.49. The Morgan fingerprint density at radius 3 is 2.90 bits per heavy atom. The molecule has 3 rings (SSSR count). The summed E-state index contributed by atoms with van der Waals surface area (Å²) >= 11 is 2.88. The van der Waals surface area contributed by atoms with Crippen LogP contribution < -0.4 is 4.90 Å². The van der Waals surface area contributed by atoms with Gasteiger partial charge in [-0.1, -0.05) is 11.3 Å². The Morgan fingerprint density at radius 1 is 1.38 bits per heavy atom. The van der Waals surface area contributed by atoms with Crippen LogP contribution in [0.15, 0.2) is 35.4 Å². The van der Waals surface area contributed by atoms with Crippen LogP contribution in [0, 0.1) is 6.92 Å². The molecule has 3 aromatic rings. The summed E-state index contributed by atoms with van der Waals surface area (Å²) in [6, 6.07) is 3.83. The minimum absolute atomic E-state index is 0.124. The van der Waals surface area contributed by atoms with Gasteiger partial charge in [-0.3, -0.25) is 14.7 Å². The number of rotatable bonds is 3. The van der Waals surface area contributed by atoms with Gasteiger partial charge in [0.2, 0.25) is 0 Å². The van der Waals surface area contributed by atoms with Gasteiger partial charge < -0.3 is 0 Å². The summed E-state index contributed by atoms with van der Waals surface area (Å²) in [5.74, 6) is -0.124. The number of carbonyl (C=O) groups is 1. The van der Waals surface area contributed by atoms with Crippen LogP contribution in [0.1, 0.15) is 16.2 Å². The minimum Gasteiger partial charge on any atom is -0.300 e. The van der Waals surface area contributed by atoms with E-state index in [1.165, 1.54) is 22.7 Å². The Labute approximate surface area is 130 Å². The maximum absolute atomic E-state index is 12.3. The normalized spacial score (nSPS) is 10.6. The van der Waals surface area contributed by atoms with Gasteiger partial charge in [-0.2, -0.15) is 0 Å². The van der Waals surface area contributed by atoms with Crippen LogP contribution in [0.5, 0.6) is 0 Å². The van der Waals surface area contributed by atoms with Crippen molar-refractivity contribution >= 4 is 33.6 Å². The van der Waals surface area contributed by atoms with Crippen molar-refractivity contribution < 1.29 is 4.79 Å². The molecule has 0 aliphatic heterocycles. The fourth-order valence-electron chi connectivity index (χ4n) is 1.89. The van der Waals surface area contributed by atoms with Crippen LogP contribution in [0.25, 0.3) is 10.6 Å². The zero-order chi connectivity index (χ0) is 14.8. The Bertz CT molecular complexity index is 753. The van der Waals surface area contributed by atoms with Crippen LogP contribution in [0.3, 0.4) is 0 Å². The van der Waals surface area contributed by atoms with Gasteiger partial charge in [0.1, 0.15) is 15.7 Å².